The first-order valence-electron chi connectivity index (χ1n) is 9.06. The zero-order valence-electron chi connectivity index (χ0n) is 15.5. The topological polar surface area (TPSA) is 84.4 Å². The van der Waals surface area contributed by atoms with E-state index in [1.165, 1.54) is 12.1 Å². The zero-order valence-corrected chi connectivity index (χ0v) is 17.0. The Hall–Kier alpha value is -2.68. The molecule has 0 atom stereocenters. The monoisotopic (exact) mass is 430 g/mol. The normalized spacial score (nSPS) is 14.6. The van der Waals surface area contributed by atoms with Gasteiger partial charge in [-0.05, 0) is 42.5 Å². The van der Waals surface area contributed by atoms with Crippen LogP contribution in [-0.4, -0.2) is 44.9 Å². The lowest BCUT2D eigenvalue weighted by Gasteiger charge is -2.27. The summed E-state index contributed by atoms with van der Waals surface area (Å²) in [6.45, 7) is 2.98. The van der Waals surface area contributed by atoms with Gasteiger partial charge in [-0.25, -0.2) is 8.42 Å². The van der Waals surface area contributed by atoms with E-state index < -0.39 is 10.0 Å². The molecule has 2 aromatic carbocycles. The molecule has 0 radical (unpaired) electrons. The Kier molecular flexibility index (Phi) is 5.66. The number of benzene rings is 2. The molecule has 2 heterocycles. The van der Waals surface area contributed by atoms with E-state index >= 15 is 0 Å². The maximum Gasteiger partial charge on any atom is 0.261 e. The SMILES string of the molecule is O=S(=O)(Nc1ccc(-c2ccc(N3CCOCC3)nn2)cc1)c1cccc(Cl)c1. The number of morpholine rings is 1. The Labute approximate surface area is 174 Å². The van der Waals surface area contributed by atoms with Crippen LogP contribution in [0.5, 0.6) is 0 Å². The summed E-state index contributed by atoms with van der Waals surface area (Å²) >= 11 is 5.89. The third-order valence-corrected chi connectivity index (χ3v) is 6.14. The second kappa shape index (κ2) is 8.36. The molecule has 1 aliphatic heterocycles. The number of nitrogens with one attached hydrogen (secondary N) is 1. The molecule has 1 aliphatic rings. The standard InChI is InChI=1S/C20H19ClN4O3S/c21-16-2-1-3-18(14-16)29(26,27)24-17-6-4-15(5-7-17)19-8-9-20(23-22-19)25-10-12-28-13-11-25/h1-9,14,24H,10-13H2. The van der Waals surface area contributed by atoms with Gasteiger partial charge in [0.05, 0.1) is 23.8 Å². The van der Waals surface area contributed by atoms with Gasteiger partial charge < -0.3 is 9.64 Å². The summed E-state index contributed by atoms with van der Waals surface area (Å²) in [5.41, 5.74) is 2.01. The molecule has 1 aromatic heterocycles. The number of rotatable bonds is 5. The summed E-state index contributed by atoms with van der Waals surface area (Å²) < 4.78 is 32.9. The summed E-state index contributed by atoms with van der Waals surface area (Å²) in [5, 5.41) is 8.97. The summed E-state index contributed by atoms with van der Waals surface area (Å²) in [6.07, 6.45) is 0. The lowest BCUT2D eigenvalue weighted by molar-refractivity contribution is 0.122. The van der Waals surface area contributed by atoms with Crippen molar-refractivity contribution in [3.63, 3.8) is 0 Å². The van der Waals surface area contributed by atoms with Gasteiger partial charge >= 0.3 is 0 Å². The minimum Gasteiger partial charge on any atom is -0.378 e. The maximum atomic E-state index is 12.5. The summed E-state index contributed by atoms with van der Waals surface area (Å²) in [6, 6.07) is 16.9. The van der Waals surface area contributed by atoms with Gasteiger partial charge in [0.25, 0.3) is 10.0 Å². The first-order chi connectivity index (χ1) is 14.0. The van der Waals surface area contributed by atoms with Crippen molar-refractivity contribution in [2.45, 2.75) is 4.90 Å². The van der Waals surface area contributed by atoms with Crippen LogP contribution in [-0.2, 0) is 14.8 Å². The van der Waals surface area contributed by atoms with E-state index in [4.69, 9.17) is 16.3 Å². The minimum atomic E-state index is -3.71. The van der Waals surface area contributed by atoms with Crippen LogP contribution in [0.1, 0.15) is 0 Å². The fourth-order valence-corrected chi connectivity index (χ4v) is 4.36. The Morgan fingerprint density at radius 3 is 2.38 bits per heavy atom. The molecule has 9 heteroatoms. The third-order valence-electron chi connectivity index (χ3n) is 4.52. The molecule has 150 valence electrons. The van der Waals surface area contributed by atoms with Crippen molar-refractivity contribution in [2.75, 3.05) is 35.9 Å². The van der Waals surface area contributed by atoms with E-state index in [-0.39, 0.29) is 4.90 Å². The van der Waals surface area contributed by atoms with Gasteiger partial charge in [-0.15, -0.1) is 10.2 Å². The molecule has 0 bridgehead atoms. The lowest BCUT2D eigenvalue weighted by atomic mass is 10.1. The number of sulfonamides is 1. The molecule has 0 aliphatic carbocycles. The van der Waals surface area contributed by atoms with Crippen molar-refractivity contribution in [1.82, 2.24) is 10.2 Å². The Morgan fingerprint density at radius 1 is 0.966 bits per heavy atom. The summed E-state index contributed by atoms with van der Waals surface area (Å²) in [5.74, 6) is 0.822. The number of halogens is 1. The van der Waals surface area contributed by atoms with E-state index in [1.807, 2.05) is 12.1 Å². The molecule has 4 rings (SSSR count). The van der Waals surface area contributed by atoms with Crippen molar-refractivity contribution in [1.29, 1.82) is 0 Å². The van der Waals surface area contributed by atoms with Crippen molar-refractivity contribution >= 4 is 33.1 Å². The summed E-state index contributed by atoms with van der Waals surface area (Å²) in [4.78, 5) is 2.24. The number of hydrogen-bond donors (Lipinski definition) is 1. The number of nitrogens with zero attached hydrogens (tertiary/aromatic N) is 3. The van der Waals surface area contributed by atoms with E-state index in [9.17, 15) is 8.42 Å². The van der Waals surface area contributed by atoms with Gasteiger partial charge in [0.15, 0.2) is 5.82 Å². The van der Waals surface area contributed by atoms with E-state index in [0.717, 1.165) is 24.5 Å². The van der Waals surface area contributed by atoms with Crippen molar-refractivity contribution in [3.05, 3.63) is 65.7 Å². The molecular formula is C20H19ClN4O3S. The van der Waals surface area contributed by atoms with E-state index in [0.29, 0.717) is 29.6 Å². The van der Waals surface area contributed by atoms with Gasteiger partial charge in [-0.2, -0.15) is 0 Å². The smallest absolute Gasteiger partial charge is 0.261 e. The van der Waals surface area contributed by atoms with Gasteiger partial charge in [0.1, 0.15) is 0 Å². The van der Waals surface area contributed by atoms with Gasteiger partial charge in [-0.1, -0.05) is 29.8 Å². The van der Waals surface area contributed by atoms with Crippen molar-refractivity contribution in [2.24, 2.45) is 0 Å². The van der Waals surface area contributed by atoms with Crippen LogP contribution in [0, 0.1) is 0 Å². The minimum absolute atomic E-state index is 0.110. The molecular weight excluding hydrogens is 412 g/mol. The van der Waals surface area contributed by atoms with Gasteiger partial charge in [0.2, 0.25) is 0 Å². The number of aromatic nitrogens is 2. The van der Waals surface area contributed by atoms with Gasteiger partial charge in [0, 0.05) is 29.4 Å². The molecule has 0 saturated carbocycles. The first kappa shape index (κ1) is 19.6. The predicted molar refractivity (Wildman–Crippen MR) is 113 cm³/mol. The third kappa shape index (κ3) is 4.67. The van der Waals surface area contributed by atoms with E-state index in [1.54, 1.807) is 36.4 Å². The van der Waals surface area contributed by atoms with Crippen molar-refractivity contribution in [3.8, 4) is 11.3 Å². The van der Waals surface area contributed by atoms with Crippen LogP contribution in [0.2, 0.25) is 5.02 Å². The molecule has 1 fully saturated rings. The lowest BCUT2D eigenvalue weighted by Crippen LogP contribution is -2.36. The molecule has 0 unspecified atom stereocenters. The predicted octanol–water partition coefficient (Wildman–Crippen LogP) is 3.43. The molecule has 1 N–H and O–H groups in total. The largest absolute Gasteiger partial charge is 0.378 e. The second-order valence-electron chi connectivity index (χ2n) is 6.52. The highest BCUT2D eigenvalue weighted by Crippen LogP contribution is 2.23. The van der Waals surface area contributed by atoms with Crippen LogP contribution in [0.4, 0.5) is 11.5 Å². The Morgan fingerprint density at radius 2 is 1.72 bits per heavy atom. The van der Waals surface area contributed by atoms with Gasteiger partial charge in [-0.3, -0.25) is 4.72 Å². The molecule has 7 nitrogen and oxygen atoms in total. The van der Waals surface area contributed by atoms with Crippen LogP contribution >= 0.6 is 11.6 Å². The highest BCUT2D eigenvalue weighted by molar-refractivity contribution is 7.92. The Balaban J connectivity index is 1.47. The van der Waals surface area contributed by atoms with Crippen molar-refractivity contribution < 1.29 is 13.2 Å². The van der Waals surface area contributed by atoms with E-state index in [2.05, 4.69) is 19.8 Å². The van der Waals surface area contributed by atoms with Crippen LogP contribution in [0.25, 0.3) is 11.3 Å². The van der Waals surface area contributed by atoms with Crippen LogP contribution in [0.15, 0.2) is 65.6 Å². The molecule has 0 amide bonds. The molecule has 3 aromatic rings. The number of ether oxygens (including phenoxy) is 1. The average Bonchev–Trinajstić information content (AvgIpc) is 2.75. The average molecular weight is 431 g/mol. The maximum absolute atomic E-state index is 12.5. The first-order valence-corrected chi connectivity index (χ1v) is 10.9. The summed E-state index contributed by atoms with van der Waals surface area (Å²) in [7, 11) is -3.71. The highest BCUT2D eigenvalue weighted by atomic mass is 35.5. The quantitative estimate of drug-likeness (QED) is 0.667. The zero-order chi connectivity index (χ0) is 20.3. The Bertz CT molecular complexity index is 1080. The fraction of sp³-hybridized carbons (Fsp3) is 0.200. The fourth-order valence-electron chi connectivity index (χ4n) is 3.00. The number of anilines is 2. The molecule has 29 heavy (non-hydrogen) atoms. The van der Waals surface area contributed by atoms with Crippen LogP contribution in [0.3, 0.4) is 0 Å². The second-order valence-corrected chi connectivity index (χ2v) is 8.64. The number of hydrogen-bond acceptors (Lipinski definition) is 6. The highest BCUT2D eigenvalue weighted by Gasteiger charge is 2.15. The molecule has 0 spiro atoms. The van der Waals surface area contributed by atoms with Crippen LogP contribution < -0.4 is 9.62 Å². The molecule has 1 saturated heterocycles.